The van der Waals surface area contributed by atoms with E-state index in [0.29, 0.717) is 25.7 Å². The van der Waals surface area contributed by atoms with Crippen LogP contribution in [0.2, 0.25) is 0 Å². The molecule has 0 aromatic carbocycles. The van der Waals surface area contributed by atoms with Gasteiger partial charge >= 0.3 is 5.97 Å². The summed E-state index contributed by atoms with van der Waals surface area (Å²) in [4.78, 5) is 23.1. The summed E-state index contributed by atoms with van der Waals surface area (Å²) >= 11 is 0. The highest BCUT2D eigenvalue weighted by molar-refractivity contribution is 5.87. The Bertz CT molecular complexity index is 297. The van der Waals surface area contributed by atoms with Crippen LogP contribution in [0, 0.1) is 0 Å². The third-order valence-electron chi connectivity index (χ3n) is 3.56. The molecule has 5 heteroatoms. The average molecular weight is 256 g/mol. The molecular weight excluding hydrogens is 232 g/mol. The summed E-state index contributed by atoms with van der Waals surface area (Å²) in [5, 5.41) is 12.0. The van der Waals surface area contributed by atoms with Gasteiger partial charge in [-0.3, -0.25) is 4.79 Å². The van der Waals surface area contributed by atoms with Crippen molar-refractivity contribution in [1.82, 2.24) is 5.32 Å². The van der Waals surface area contributed by atoms with Gasteiger partial charge in [-0.25, -0.2) is 4.79 Å². The van der Waals surface area contributed by atoms with Crippen molar-refractivity contribution in [3.63, 3.8) is 0 Å². The van der Waals surface area contributed by atoms with Gasteiger partial charge < -0.3 is 16.2 Å². The summed E-state index contributed by atoms with van der Waals surface area (Å²) in [6.07, 6.45) is 5.72. The molecule has 18 heavy (non-hydrogen) atoms. The van der Waals surface area contributed by atoms with Crippen LogP contribution in [0.5, 0.6) is 0 Å². The number of amides is 1. The smallest absolute Gasteiger partial charge is 0.329 e. The molecule has 1 saturated carbocycles. The molecule has 1 atom stereocenters. The minimum atomic E-state index is -1.02. The molecule has 1 aliphatic carbocycles. The van der Waals surface area contributed by atoms with Gasteiger partial charge in [0.25, 0.3) is 0 Å². The minimum Gasteiger partial charge on any atom is -0.480 e. The molecule has 5 nitrogen and oxygen atoms in total. The lowest BCUT2D eigenvalue weighted by Gasteiger charge is -2.34. The summed E-state index contributed by atoms with van der Waals surface area (Å²) in [6, 6.07) is 0.0842. The number of carboxylic acids is 1. The summed E-state index contributed by atoms with van der Waals surface area (Å²) < 4.78 is 0. The highest BCUT2D eigenvalue weighted by Crippen LogP contribution is 2.28. The maximum atomic E-state index is 11.8. The van der Waals surface area contributed by atoms with E-state index in [-0.39, 0.29) is 11.9 Å². The topological polar surface area (TPSA) is 92.4 Å². The Kier molecular flexibility index (Phi) is 5.59. The molecule has 0 aromatic rings. The summed E-state index contributed by atoms with van der Waals surface area (Å²) in [5.74, 6) is -1.07. The monoisotopic (exact) mass is 256 g/mol. The van der Waals surface area contributed by atoms with Crippen LogP contribution in [-0.4, -0.2) is 28.6 Å². The van der Waals surface area contributed by atoms with E-state index in [9.17, 15) is 14.7 Å². The Morgan fingerprint density at radius 1 is 1.33 bits per heavy atom. The molecule has 0 spiro atoms. The van der Waals surface area contributed by atoms with Crippen LogP contribution in [0.25, 0.3) is 0 Å². The number of hydrogen-bond acceptors (Lipinski definition) is 3. The molecule has 1 aliphatic rings. The van der Waals surface area contributed by atoms with E-state index in [0.717, 1.165) is 25.7 Å². The fourth-order valence-corrected chi connectivity index (χ4v) is 2.46. The molecule has 0 saturated heterocycles. The Hall–Kier alpha value is -1.10. The fourth-order valence-electron chi connectivity index (χ4n) is 2.46. The van der Waals surface area contributed by atoms with E-state index in [2.05, 4.69) is 5.32 Å². The molecule has 0 radical (unpaired) electrons. The molecule has 4 N–H and O–H groups in total. The van der Waals surface area contributed by atoms with Crippen molar-refractivity contribution in [2.75, 3.05) is 0 Å². The van der Waals surface area contributed by atoms with Crippen LogP contribution in [0.15, 0.2) is 0 Å². The van der Waals surface area contributed by atoms with E-state index < -0.39 is 11.5 Å². The first-order chi connectivity index (χ1) is 8.46. The molecule has 0 aliphatic heterocycles. The van der Waals surface area contributed by atoms with E-state index in [1.165, 1.54) is 0 Å². The molecular formula is C13H24N2O3. The van der Waals surface area contributed by atoms with Gasteiger partial charge in [-0.2, -0.15) is 0 Å². The van der Waals surface area contributed by atoms with Crippen molar-refractivity contribution in [3.05, 3.63) is 0 Å². The number of nitrogens with two attached hydrogens (primary N) is 1. The maximum Gasteiger partial charge on any atom is 0.329 e. The van der Waals surface area contributed by atoms with Gasteiger partial charge in [0.2, 0.25) is 5.91 Å². The fraction of sp³-hybridized carbons (Fsp3) is 0.846. The van der Waals surface area contributed by atoms with Crippen molar-refractivity contribution in [1.29, 1.82) is 0 Å². The van der Waals surface area contributed by atoms with E-state index in [1.54, 1.807) is 0 Å². The normalized spacial score (nSPS) is 20.1. The van der Waals surface area contributed by atoms with Crippen LogP contribution in [-0.2, 0) is 9.59 Å². The molecule has 0 bridgehead atoms. The first kappa shape index (κ1) is 15.0. The summed E-state index contributed by atoms with van der Waals surface area (Å²) in [7, 11) is 0. The van der Waals surface area contributed by atoms with Gasteiger partial charge in [0, 0.05) is 12.5 Å². The van der Waals surface area contributed by atoms with Gasteiger partial charge in [0.05, 0.1) is 0 Å². The van der Waals surface area contributed by atoms with E-state index >= 15 is 0 Å². The Labute approximate surface area is 108 Å². The largest absolute Gasteiger partial charge is 0.480 e. The SMILES string of the molecule is CC(N)CCCC(=O)NC1(C(=O)O)CCCCC1. The summed E-state index contributed by atoms with van der Waals surface area (Å²) in [5.41, 5.74) is 4.59. The third kappa shape index (κ3) is 4.29. The molecule has 104 valence electrons. The number of rotatable bonds is 6. The van der Waals surface area contributed by atoms with Crippen LogP contribution >= 0.6 is 0 Å². The number of hydrogen-bond donors (Lipinski definition) is 3. The van der Waals surface area contributed by atoms with Gasteiger partial charge in [-0.1, -0.05) is 19.3 Å². The Morgan fingerprint density at radius 2 is 1.94 bits per heavy atom. The predicted octanol–water partition coefficient (Wildman–Crippen LogP) is 1.41. The minimum absolute atomic E-state index is 0.0842. The van der Waals surface area contributed by atoms with Crippen molar-refractivity contribution < 1.29 is 14.7 Å². The van der Waals surface area contributed by atoms with Crippen LogP contribution in [0.3, 0.4) is 0 Å². The molecule has 0 heterocycles. The lowest BCUT2D eigenvalue weighted by Crippen LogP contribution is -2.55. The van der Waals surface area contributed by atoms with Gasteiger partial charge in [0.1, 0.15) is 5.54 Å². The number of nitrogens with one attached hydrogen (secondary N) is 1. The number of carbonyl (C=O) groups excluding carboxylic acids is 1. The van der Waals surface area contributed by atoms with Crippen molar-refractivity contribution in [3.8, 4) is 0 Å². The van der Waals surface area contributed by atoms with Crippen molar-refractivity contribution >= 4 is 11.9 Å². The van der Waals surface area contributed by atoms with E-state index in [1.807, 2.05) is 6.92 Å². The van der Waals surface area contributed by atoms with Gasteiger partial charge in [-0.15, -0.1) is 0 Å². The predicted molar refractivity (Wildman–Crippen MR) is 69.1 cm³/mol. The molecule has 0 aromatic heterocycles. The zero-order valence-corrected chi connectivity index (χ0v) is 11.1. The quantitative estimate of drug-likeness (QED) is 0.670. The highest BCUT2D eigenvalue weighted by Gasteiger charge is 2.40. The summed E-state index contributed by atoms with van der Waals surface area (Å²) in [6.45, 7) is 1.90. The van der Waals surface area contributed by atoms with Crippen LogP contribution < -0.4 is 11.1 Å². The molecule has 1 fully saturated rings. The number of aliphatic carboxylic acids is 1. The maximum absolute atomic E-state index is 11.8. The highest BCUT2D eigenvalue weighted by atomic mass is 16.4. The second-order valence-electron chi connectivity index (χ2n) is 5.37. The van der Waals surface area contributed by atoms with Crippen LogP contribution in [0.1, 0.15) is 58.3 Å². The first-order valence-electron chi connectivity index (χ1n) is 6.76. The zero-order chi connectivity index (χ0) is 13.6. The van der Waals surface area contributed by atoms with Crippen molar-refractivity contribution in [2.45, 2.75) is 69.9 Å². The van der Waals surface area contributed by atoms with Gasteiger partial charge in [-0.05, 0) is 32.6 Å². The first-order valence-corrected chi connectivity index (χ1v) is 6.76. The third-order valence-corrected chi connectivity index (χ3v) is 3.56. The molecule has 1 rings (SSSR count). The second-order valence-corrected chi connectivity index (χ2v) is 5.37. The van der Waals surface area contributed by atoms with Crippen LogP contribution in [0.4, 0.5) is 0 Å². The molecule has 1 amide bonds. The number of carbonyl (C=O) groups is 2. The van der Waals surface area contributed by atoms with Gasteiger partial charge in [0.15, 0.2) is 0 Å². The lowest BCUT2D eigenvalue weighted by atomic mass is 9.81. The Morgan fingerprint density at radius 3 is 2.44 bits per heavy atom. The van der Waals surface area contributed by atoms with E-state index in [4.69, 9.17) is 5.73 Å². The second kappa shape index (κ2) is 6.73. The van der Waals surface area contributed by atoms with Crippen molar-refractivity contribution in [2.24, 2.45) is 5.73 Å². The standard InChI is InChI=1S/C13H24N2O3/c1-10(14)6-5-7-11(16)15-13(12(17)18)8-3-2-4-9-13/h10H,2-9,14H2,1H3,(H,15,16)(H,17,18). The number of carboxylic acid groups (broad SMARTS) is 1. The zero-order valence-electron chi connectivity index (χ0n) is 11.1. The lowest BCUT2D eigenvalue weighted by molar-refractivity contribution is -0.149. The average Bonchev–Trinajstić information content (AvgIpc) is 2.29. The Balaban J connectivity index is 2.46. The molecule has 1 unspecified atom stereocenters.